The number of carbonyl (C=O) groups is 1. The predicted molar refractivity (Wildman–Crippen MR) is 67.0 cm³/mol. The maximum Gasteiger partial charge on any atom is 0.251 e. The van der Waals surface area contributed by atoms with Gasteiger partial charge in [0, 0.05) is 11.8 Å². The van der Waals surface area contributed by atoms with E-state index in [1.165, 1.54) is 17.6 Å². The molecule has 2 aliphatic rings. The first-order valence-corrected chi connectivity index (χ1v) is 6.11. The van der Waals surface area contributed by atoms with E-state index >= 15 is 0 Å². The largest absolute Gasteiger partial charge is 0.304 e. The van der Waals surface area contributed by atoms with Gasteiger partial charge in [0.15, 0.2) is 0 Å². The number of hydrogen-bond donors (Lipinski definition) is 0. The van der Waals surface area contributed by atoms with Gasteiger partial charge < -0.3 is 4.90 Å². The Balaban J connectivity index is 1.85. The number of nitrogens with zero attached hydrogens (tertiary/aromatic N) is 1. The summed E-state index contributed by atoms with van der Waals surface area (Å²) < 4.78 is 0. The number of hydrogen-bond acceptors (Lipinski definition) is 1. The summed E-state index contributed by atoms with van der Waals surface area (Å²) >= 11 is 0. The van der Waals surface area contributed by atoms with Crippen LogP contribution in [-0.4, -0.2) is 10.8 Å². The molecule has 0 radical (unpaired) electrons. The summed E-state index contributed by atoms with van der Waals surface area (Å²) in [5.41, 5.74) is 3.55. The van der Waals surface area contributed by atoms with Gasteiger partial charge in [-0.3, -0.25) is 4.79 Å². The Kier molecular flexibility index (Phi) is 2.56. The zero-order chi connectivity index (χ0) is 11.7. The maximum absolute atomic E-state index is 12.0. The molecule has 0 N–H and O–H groups in total. The molecule has 17 heavy (non-hydrogen) atoms. The van der Waals surface area contributed by atoms with E-state index < -0.39 is 0 Å². The van der Waals surface area contributed by atoms with E-state index in [1.807, 2.05) is 23.1 Å². The van der Waals surface area contributed by atoms with Crippen LogP contribution in [0.25, 0.3) is 0 Å². The third-order valence-electron chi connectivity index (χ3n) is 3.35. The first-order valence-electron chi connectivity index (χ1n) is 6.11. The Morgan fingerprint density at radius 1 is 1.18 bits per heavy atom. The smallest absolute Gasteiger partial charge is 0.251 e. The van der Waals surface area contributed by atoms with Gasteiger partial charge in [-0.05, 0) is 30.4 Å². The van der Waals surface area contributed by atoms with E-state index in [0.717, 1.165) is 18.5 Å². The molecule has 1 aromatic carbocycles. The van der Waals surface area contributed by atoms with E-state index in [9.17, 15) is 4.79 Å². The fraction of sp³-hybridized carbons (Fsp3) is 0.267. The molecule has 0 saturated carbocycles. The molecule has 1 aliphatic carbocycles. The molecule has 86 valence electrons. The first kappa shape index (κ1) is 10.3. The molecule has 1 aliphatic heterocycles. The highest BCUT2D eigenvalue weighted by Gasteiger charge is 2.28. The van der Waals surface area contributed by atoms with Gasteiger partial charge in [0.05, 0.1) is 6.54 Å². The van der Waals surface area contributed by atoms with E-state index in [0.29, 0.717) is 6.54 Å². The molecule has 0 fully saturated rings. The maximum atomic E-state index is 12.0. The van der Waals surface area contributed by atoms with Crippen molar-refractivity contribution in [3.63, 3.8) is 0 Å². The highest BCUT2D eigenvalue weighted by molar-refractivity contribution is 5.94. The number of allylic oxidation sites excluding steroid dienone is 2. The molecule has 1 amide bonds. The molecule has 0 atom stereocenters. The number of benzene rings is 1. The minimum Gasteiger partial charge on any atom is -0.304 e. The summed E-state index contributed by atoms with van der Waals surface area (Å²) in [4.78, 5) is 13.8. The third kappa shape index (κ3) is 1.91. The second-order valence-electron chi connectivity index (χ2n) is 4.56. The quantitative estimate of drug-likeness (QED) is 0.757. The summed E-state index contributed by atoms with van der Waals surface area (Å²) in [5, 5.41) is 0. The molecular weight excluding hydrogens is 210 g/mol. The molecule has 3 rings (SSSR count). The van der Waals surface area contributed by atoms with Crippen molar-refractivity contribution in [1.82, 2.24) is 4.90 Å². The monoisotopic (exact) mass is 225 g/mol. The van der Waals surface area contributed by atoms with Gasteiger partial charge >= 0.3 is 0 Å². The molecule has 0 spiro atoms. The van der Waals surface area contributed by atoms with E-state index in [-0.39, 0.29) is 5.91 Å². The third-order valence-corrected chi connectivity index (χ3v) is 3.35. The van der Waals surface area contributed by atoms with Crippen LogP contribution in [0.2, 0.25) is 0 Å². The van der Waals surface area contributed by atoms with Gasteiger partial charge in [-0.1, -0.05) is 36.4 Å². The van der Waals surface area contributed by atoms with Gasteiger partial charge in [0.2, 0.25) is 0 Å². The lowest BCUT2D eigenvalue weighted by Crippen LogP contribution is -2.24. The Morgan fingerprint density at radius 3 is 2.82 bits per heavy atom. The van der Waals surface area contributed by atoms with E-state index in [2.05, 4.69) is 18.2 Å². The van der Waals surface area contributed by atoms with Crippen LogP contribution in [0.5, 0.6) is 0 Å². The summed E-state index contributed by atoms with van der Waals surface area (Å²) in [6.45, 7) is 0.686. The van der Waals surface area contributed by atoms with Gasteiger partial charge in [-0.25, -0.2) is 0 Å². The summed E-state index contributed by atoms with van der Waals surface area (Å²) in [6, 6.07) is 10.2. The van der Waals surface area contributed by atoms with Crippen LogP contribution in [0, 0.1) is 0 Å². The first-order chi connectivity index (χ1) is 8.34. The predicted octanol–water partition coefficient (Wildman–Crippen LogP) is 3.02. The highest BCUT2D eigenvalue weighted by Crippen LogP contribution is 2.32. The van der Waals surface area contributed by atoms with Crippen molar-refractivity contribution in [2.45, 2.75) is 25.8 Å². The summed E-state index contributed by atoms with van der Waals surface area (Å²) in [7, 11) is 0. The normalized spacial score (nSPS) is 18.8. The number of fused-ring (bicyclic) bond motifs is 1. The molecular formula is C15H15NO. The lowest BCUT2D eigenvalue weighted by atomic mass is 10.00. The topological polar surface area (TPSA) is 20.3 Å². The average Bonchev–Trinajstić information content (AvgIpc) is 2.68. The number of rotatable bonds is 2. The Hall–Kier alpha value is -1.83. The van der Waals surface area contributed by atoms with E-state index in [1.54, 1.807) is 6.08 Å². The van der Waals surface area contributed by atoms with Crippen LogP contribution in [0.1, 0.15) is 24.8 Å². The second-order valence-corrected chi connectivity index (χ2v) is 4.56. The van der Waals surface area contributed by atoms with Crippen LogP contribution in [0.4, 0.5) is 0 Å². The Bertz CT molecular complexity index is 499. The van der Waals surface area contributed by atoms with Gasteiger partial charge in [-0.2, -0.15) is 0 Å². The summed E-state index contributed by atoms with van der Waals surface area (Å²) in [6.07, 6.45) is 7.30. The lowest BCUT2D eigenvalue weighted by molar-refractivity contribution is -0.123. The van der Waals surface area contributed by atoms with Crippen LogP contribution in [0.3, 0.4) is 0 Å². The molecule has 0 saturated heterocycles. The van der Waals surface area contributed by atoms with Crippen molar-refractivity contribution in [1.29, 1.82) is 0 Å². The van der Waals surface area contributed by atoms with Crippen molar-refractivity contribution in [3.05, 3.63) is 59.3 Å². The summed E-state index contributed by atoms with van der Waals surface area (Å²) in [5.74, 6) is 0.136. The van der Waals surface area contributed by atoms with Crippen molar-refractivity contribution >= 4 is 5.91 Å². The van der Waals surface area contributed by atoms with E-state index in [4.69, 9.17) is 0 Å². The molecule has 2 nitrogen and oxygen atoms in total. The minimum atomic E-state index is 0.136. The molecule has 1 aromatic rings. The lowest BCUT2D eigenvalue weighted by Gasteiger charge is -2.22. The fourth-order valence-corrected chi connectivity index (χ4v) is 2.49. The van der Waals surface area contributed by atoms with Gasteiger partial charge in [0.1, 0.15) is 0 Å². The average molecular weight is 225 g/mol. The van der Waals surface area contributed by atoms with Crippen molar-refractivity contribution in [2.75, 3.05) is 0 Å². The van der Waals surface area contributed by atoms with Gasteiger partial charge in [-0.15, -0.1) is 0 Å². The molecule has 2 heteroatoms. The zero-order valence-corrected chi connectivity index (χ0v) is 9.73. The Morgan fingerprint density at radius 2 is 2.00 bits per heavy atom. The van der Waals surface area contributed by atoms with Crippen LogP contribution in [0.15, 0.2) is 53.8 Å². The standard InChI is InChI=1S/C15H15NO/c17-15-10-13-8-4-5-9-14(13)16(15)11-12-6-2-1-3-7-12/h1-3,6-7,9-10H,4-5,8,11H2. The molecule has 0 bridgehead atoms. The van der Waals surface area contributed by atoms with Crippen molar-refractivity contribution in [3.8, 4) is 0 Å². The Labute approximate surface area is 101 Å². The molecule has 0 aromatic heterocycles. The highest BCUT2D eigenvalue weighted by atomic mass is 16.2. The second kappa shape index (κ2) is 4.21. The minimum absolute atomic E-state index is 0.136. The fourth-order valence-electron chi connectivity index (χ4n) is 2.49. The van der Waals surface area contributed by atoms with Crippen molar-refractivity contribution in [2.24, 2.45) is 0 Å². The number of carbonyl (C=O) groups excluding carboxylic acids is 1. The van der Waals surface area contributed by atoms with Crippen molar-refractivity contribution < 1.29 is 4.79 Å². The van der Waals surface area contributed by atoms with Crippen LogP contribution in [-0.2, 0) is 11.3 Å². The molecule has 1 heterocycles. The molecule has 0 unspecified atom stereocenters. The van der Waals surface area contributed by atoms with Crippen LogP contribution >= 0.6 is 0 Å². The zero-order valence-electron chi connectivity index (χ0n) is 9.73. The number of amides is 1. The van der Waals surface area contributed by atoms with Crippen LogP contribution < -0.4 is 0 Å². The SMILES string of the molecule is O=C1C=C2CCCC=C2N1Cc1ccccc1. The van der Waals surface area contributed by atoms with Gasteiger partial charge in [0.25, 0.3) is 5.91 Å².